The van der Waals surface area contributed by atoms with Crippen LogP contribution in [0.5, 0.6) is 17.2 Å². The molecule has 1 aliphatic rings. The Morgan fingerprint density at radius 2 is 1.81 bits per heavy atom. The molecule has 0 radical (unpaired) electrons. The van der Waals surface area contributed by atoms with Gasteiger partial charge >= 0.3 is 0 Å². The summed E-state index contributed by atoms with van der Waals surface area (Å²) in [4.78, 5) is 14.2. The largest absolute Gasteiger partial charge is 0.493 e. The van der Waals surface area contributed by atoms with Crippen LogP contribution in [-0.4, -0.2) is 42.5 Å². The van der Waals surface area contributed by atoms with Gasteiger partial charge in [-0.1, -0.05) is 48.2 Å². The maximum absolute atomic E-state index is 12.1. The zero-order valence-electron chi connectivity index (χ0n) is 15.0. The molecule has 1 heterocycles. The molecule has 0 aliphatic carbocycles. The Morgan fingerprint density at radius 3 is 2.52 bits per heavy atom. The van der Waals surface area contributed by atoms with Gasteiger partial charge in [0.15, 0.2) is 11.5 Å². The van der Waals surface area contributed by atoms with Crippen molar-refractivity contribution in [2.75, 3.05) is 27.4 Å². The highest BCUT2D eigenvalue weighted by atomic mass is 32.2. The number of para-hydroxylation sites is 2. The molecular weight excluding hydrogens is 382 g/mol. The molecule has 0 aromatic heterocycles. The summed E-state index contributed by atoms with van der Waals surface area (Å²) in [5.41, 5.74) is 0.882. The highest BCUT2D eigenvalue weighted by Crippen LogP contribution is 2.31. The van der Waals surface area contributed by atoms with Crippen molar-refractivity contribution in [3.63, 3.8) is 0 Å². The zero-order chi connectivity index (χ0) is 19.2. The zero-order valence-corrected chi connectivity index (χ0v) is 16.6. The minimum Gasteiger partial charge on any atom is -0.493 e. The summed E-state index contributed by atoms with van der Waals surface area (Å²) in [5.74, 6) is 1.99. The summed E-state index contributed by atoms with van der Waals surface area (Å²) in [7, 11) is 3.29. The van der Waals surface area contributed by atoms with Crippen molar-refractivity contribution in [3.05, 3.63) is 59.0 Å². The van der Waals surface area contributed by atoms with Gasteiger partial charge in [0.2, 0.25) is 0 Å². The number of hydrogen-bond acceptors (Lipinski definition) is 6. The molecule has 2 aromatic rings. The smallest absolute Gasteiger partial charge is 0.265 e. The van der Waals surface area contributed by atoms with Gasteiger partial charge in [-0.25, -0.2) is 0 Å². The number of rotatable bonds is 7. The normalized spacial score (nSPS) is 15.3. The van der Waals surface area contributed by atoms with Crippen LogP contribution < -0.4 is 14.2 Å². The summed E-state index contributed by atoms with van der Waals surface area (Å²) < 4.78 is 17.3. The lowest BCUT2D eigenvalue weighted by atomic mass is 10.2. The third kappa shape index (κ3) is 4.81. The van der Waals surface area contributed by atoms with E-state index in [1.807, 2.05) is 54.6 Å². The lowest BCUT2D eigenvalue weighted by Gasteiger charge is -2.11. The van der Waals surface area contributed by atoms with E-state index in [1.54, 1.807) is 14.2 Å². The minimum absolute atomic E-state index is 0.0819. The number of nitrogens with zero attached hydrogens (tertiary/aromatic N) is 1. The monoisotopic (exact) mass is 401 g/mol. The standard InChI is InChI=1S/C20H19NO4S2/c1-21-19(22)18(27-20(21)26)13-14-6-5-7-15(12-14)24-10-11-25-17-9-4-3-8-16(17)23-2/h3-9,12-13H,10-11H2,1-2H3. The summed E-state index contributed by atoms with van der Waals surface area (Å²) in [6.07, 6.45) is 1.82. The average Bonchev–Trinajstić information content (AvgIpc) is 2.92. The van der Waals surface area contributed by atoms with E-state index < -0.39 is 0 Å². The minimum atomic E-state index is -0.0819. The van der Waals surface area contributed by atoms with Crippen molar-refractivity contribution in [1.29, 1.82) is 0 Å². The van der Waals surface area contributed by atoms with Gasteiger partial charge in [-0.15, -0.1) is 0 Å². The van der Waals surface area contributed by atoms with Gasteiger partial charge in [0.1, 0.15) is 23.3 Å². The van der Waals surface area contributed by atoms with Crippen molar-refractivity contribution >= 4 is 40.3 Å². The van der Waals surface area contributed by atoms with E-state index in [2.05, 4.69) is 0 Å². The van der Waals surface area contributed by atoms with E-state index in [9.17, 15) is 4.79 Å². The Bertz CT molecular complexity index is 882. The number of thioether (sulfide) groups is 1. The lowest BCUT2D eigenvalue weighted by Crippen LogP contribution is -2.22. The van der Waals surface area contributed by atoms with E-state index in [4.69, 9.17) is 26.4 Å². The fourth-order valence-corrected chi connectivity index (χ4v) is 3.62. The first-order chi connectivity index (χ1) is 13.1. The first-order valence-corrected chi connectivity index (χ1v) is 9.51. The topological polar surface area (TPSA) is 48.0 Å². The van der Waals surface area contributed by atoms with Gasteiger partial charge in [-0.05, 0) is 35.9 Å². The van der Waals surface area contributed by atoms with Crippen LogP contribution in [0, 0.1) is 0 Å². The highest BCUT2D eigenvalue weighted by molar-refractivity contribution is 8.26. The second-order valence-electron chi connectivity index (χ2n) is 5.66. The number of likely N-dealkylation sites (N-methyl/N-ethyl adjacent to an activating group) is 1. The maximum Gasteiger partial charge on any atom is 0.265 e. The predicted octanol–water partition coefficient (Wildman–Crippen LogP) is 3.98. The number of methoxy groups -OCH3 is 1. The van der Waals surface area contributed by atoms with Crippen molar-refractivity contribution in [2.24, 2.45) is 0 Å². The first-order valence-electron chi connectivity index (χ1n) is 8.28. The van der Waals surface area contributed by atoms with Crippen LogP contribution in [0.2, 0.25) is 0 Å². The van der Waals surface area contributed by atoms with Gasteiger partial charge in [-0.2, -0.15) is 0 Å². The third-order valence-electron chi connectivity index (χ3n) is 3.82. The van der Waals surface area contributed by atoms with Crippen LogP contribution >= 0.6 is 24.0 Å². The molecule has 1 fully saturated rings. The summed E-state index contributed by atoms with van der Waals surface area (Å²) >= 11 is 6.45. The second kappa shape index (κ2) is 8.92. The number of carbonyl (C=O) groups is 1. The molecule has 0 atom stereocenters. The second-order valence-corrected chi connectivity index (χ2v) is 7.34. The molecule has 3 rings (SSSR count). The third-order valence-corrected chi connectivity index (χ3v) is 5.31. The maximum atomic E-state index is 12.1. The number of amides is 1. The molecule has 0 N–H and O–H groups in total. The first kappa shape index (κ1) is 19.3. The Hall–Kier alpha value is -2.51. The van der Waals surface area contributed by atoms with Gasteiger partial charge in [0.05, 0.1) is 12.0 Å². The highest BCUT2D eigenvalue weighted by Gasteiger charge is 2.28. The number of ether oxygens (including phenoxy) is 3. The molecule has 140 valence electrons. The number of benzene rings is 2. The quantitative estimate of drug-likeness (QED) is 0.397. The molecule has 1 saturated heterocycles. The molecule has 5 nitrogen and oxygen atoms in total. The van der Waals surface area contributed by atoms with E-state index in [-0.39, 0.29) is 5.91 Å². The van der Waals surface area contributed by atoms with Crippen molar-refractivity contribution in [2.45, 2.75) is 0 Å². The Morgan fingerprint density at radius 1 is 1.07 bits per heavy atom. The van der Waals surface area contributed by atoms with Crippen LogP contribution in [0.1, 0.15) is 5.56 Å². The predicted molar refractivity (Wildman–Crippen MR) is 111 cm³/mol. The van der Waals surface area contributed by atoms with Gasteiger partial charge < -0.3 is 14.2 Å². The van der Waals surface area contributed by atoms with E-state index >= 15 is 0 Å². The van der Waals surface area contributed by atoms with Gasteiger partial charge in [0, 0.05) is 7.05 Å². The van der Waals surface area contributed by atoms with E-state index in [0.717, 1.165) is 5.56 Å². The van der Waals surface area contributed by atoms with Gasteiger partial charge in [0.25, 0.3) is 5.91 Å². The van der Waals surface area contributed by atoms with E-state index in [1.165, 1.54) is 16.7 Å². The fourth-order valence-electron chi connectivity index (χ4n) is 2.44. The SMILES string of the molecule is COc1ccccc1OCCOc1cccc(C=C2SC(=S)N(C)C2=O)c1. The Labute approximate surface area is 167 Å². The summed E-state index contributed by atoms with van der Waals surface area (Å²) in [5, 5.41) is 0. The van der Waals surface area contributed by atoms with E-state index in [0.29, 0.717) is 39.7 Å². The van der Waals surface area contributed by atoms with Crippen molar-refractivity contribution in [3.8, 4) is 17.2 Å². The molecular formula is C20H19NO4S2. The average molecular weight is 402 g/mol. The lowest BCUT2D eigenvalue weighted by molar-refractivity contribution is -0.121. The molecule has 1 amide bonds. The Balaban J connectivity index is 1.57. The van der Waals surface area contributed by atoms with Crippen LogP contribution in [0.15, 0.2) is 53.4 Å². The Kier molecular flexibility index (Phi) is 6.36. The summed E-state index contributed by atoms with van der Waals surface area (Å²) in [6, 6.07) is 15.0. The fraction of sp³-hybridized carbons (Fsp3) is 0.200. The van der Waals surface area contributed by atoms with Crippen molar-refractivity contribution in [1.82, 2.24) is 4.90 Å². The summed E-state index contributed by atoms with van der Waals surface area (Å²) in [6.45, 7) is 0.775. The molecule has 0 unspecified atom stereocenters. The number of carbonyl (C=O) groups excluding carboxylic acids is 1. The molecule has 0 spiro atoms. The molecule has 1 aliphatic heterocycles. The molecule has 2 aromatic carbocycles. The molecule has 0 bridgehead atoms. The molecule has 0 saturated carbocycles. The van der Waals surface area contributed by atoms with Gasteiger partial charge in [-0.3, -0.25) is 9.69 Å². The van der Waals surface area contributed by atoms with Crippen LogP contribution in [-0.2, 0) is 4.79 Å². The van der Waals surface area contributed by atoms with Crippen LogP contribution in [0.4, 0.5) is 0 Å². The molecule has 7 heteroatoms. The number of thiocarbonyl (C=S) groups is 1. The van der Waals surface area contributed by atoms with Crippen LogP contribution in [0.3, 0.4) is 0 Å². The number of hydrogen-bond donors (Lipinski definition) is 0. The molecule has 27 heavy (non-hydrogen) atoms. The van der Waals surface area contributed by atoms with Crippen molar-refractivity contribution < 1.29 is 19.0 Å². The van der Waals surface area contributed by atoms with Crippen LogP contribution in [0.25, 0.3) is 6.08 Å².